The summed E-state index contributed by atoms with van der Waals surface area (Å²) in [5.41, 5.74) is 0. The van der Waals surface area contributed by atoms with Gasteiger partial charge < -0.3 is 20.1 Å². The number of nitrogens with one attached hydrogen (secondary N) is 1. The van der Waals surface area contributed by atoms with E-state index in [0.29, 0.717) is 12.2 Å². The molecule has 158 valence electrons. The molecule has 0 bridgehead atoms. The van der Waals surface area contributed by atoms with Gasteiger partial charge >= 0.3 is 12.1 Å². The molecule has 1 heterocycles. The second-order valence-electron chi connectivity index (χ2n) is 5.92. The van der Waals surface area contributed by atoms with Crippen LogP contribution >= 0.6 is 11.6 Å². The summed E-state index contributed by atoms with van der Waals surface area (Å²) in [5, 5.41) is 10.5. The van der Waals surface area contributed by atoms with Crippen molar-refractivity contribution in [3.63, 3.8) is 0 Å². The number of rotatable bonds is 6. The third-order valence-electron chi connectivity index (χ3n) is 3.85. The van der Waals surface area contributed by atoms with Crippen molar-refractivity contribution in [2.45, 2.75) is 31.5 Å². The fourth-order valence-corrected chi connectivity index (χ4v) is 2.82. The normalized spacial score (nSPS) is 16.4. The molecule has 1 atom stereocenters. The highest BCUT2D eigenvalue weighted by Crippen LogP contribution is 2.25. The van der Waals surface area contributed by atoms with Gasteiger partial charge in [-0.2, -0.15) is 13.2 Å². The molecule has 1 aliphatic rings. The Morgan fingerprint density at radius 1 is 1.39 bits per heavy atom. The molecular weight excluding hydrogens is 408 g/mol. The van der Waals surface area contributed by atoms with Crippen LogP contribution in [0.1, 0.15) is 19.3 Å². The maximum atomic E-state index is 12.9. The molecule has 28 heavy (non-hydrogen) atoms. The number of carboxylic acid groups (broad SMARTS) is 1. The molecule has 6 nitrogen and oxygen atoms in total. The van der Waals surface area contributed by atoms with Gasteiger partial charge in [-0.25, -0.2) is 9.18 Å². The van der Waals surface area contributed by atoms with Crippen LogP contribution in [-0.2, 0) is 9.59 Å². The molecule has 0 aromatic heterocycles. The van der Waals surface area contributed by atoms with Crippen molar-refractivity contribution in [2.24, 2.45) is 0 Å². The van der Waals surface area contributed by atoms with Crippen LogP contribution in [0.4, 0.5) is 17.6 Å². The first-order valence-electron chi connectivity index (χ1n) is 8.38. The minimum Gasteiger partial charge on any atom is -0.491 e. The molecule has 1 aliphatic heterocycles. The first-order valence-corrected chi connectivity index (χ1v) is 8.76. The number of ether oxygens (including phenoxy) is 1. The molecule has 1 aromatic rings. The molecule has 1 saturated heterocycles. The van der Waals surface area contributed by atoms with E-state index in [-0.39, 0.29) is 23.6 Å². The number of hydrogen-bond donors (Lipinski definition) is 2. The van der Waals surface area contributed by atoms with Crippen LogP contribution in [0.3, 0.4) is 0 Å². The molecule has 1 unspecified atom stereocenters. The van der Waals surface area contributed by atoms with E-state index in [1.165, 1.54) is 18.2 Å². The smallest absolute Gasteiger partial charge is 0.490 e. The van der Waals surface area contributed by atoms with E-state index in [0.717, 1.165) is 25.9 Å². The molecule has 0 aliphatic carbocycles. The number of amides is 1. The highest BCUT2D eigenvalue weighted by atomic mass is 35.5. The molecule has 2 rings (SSSR count). The summed E-state index contributed by atoms with van der Waals surface area (Å²) >= 11 is 5.87. The molecule has 11 heteroatoms. The minimum atomic E-state index is -5.08. The molecule has 0 radical (unpaired) electrons. The van der Waals surface area contributed by atoms with Gasteiger partial charge in [0.15, 0.2) is 0 Å². The van der Waals surface area contributed by atoms with Crippen molar-refractivity contribution >= 4 is 23.5 Å². The lowest BCUT2D eigenvalue weighted by Gasteiger charge is -2.24. The average Bonchev–Trinajstić information content (AvgIpc) is 3.05. The molecule has 0 spiro atoms. The first-order chi connectivity index (χ1) is 13.1. The Labute approximate surface area is 164 Å². The SMILES string of the molecule is CNCC1CCCN1C(=O)CCOc1ccc(F)cc1Cl.O=C(O)C(F)(F)F. The van der Waals surface area contributed by atoms with E-state index in [2.05, 4.69) is 5.32 Å². The summed E-state index contributed by atoms with van der Waals surface area (Å²) in [6.45, 7) is 1.87. The van der Waals surface area contributed by atoms with Crippen LogP contribution in [0.5, 0.6) is 5.75 Å². The van der Waals surface area contributed by atoms with Crippen LogP contribution in [0.2, 0.25) is 5.02 Å². The average molecular weight is 429 g/mol. The topological polar surface area (TPSA) is 78.9 Å². The van der Waals surface area contributed by atoms with E-state index >= 15 is 0 Å². The quantitative estimate of drug-likeness (QED) is 0.681. The summed E-state index contributed by atoms with van der Waals surface area (Å²) in [6.07, 6.45) is -2.70. The molecule has 0 saturated carbocycles. The fraction of sp³-hybridized carbons (Fsp3) is 0.529. The van der Waals surface area contributed by atoms with Crippen LogP contribution in [0.15, 0.2) is 18.2 Å². The monoisotopic (exact) mass is 428 g/mol. The number of nitrogens with zero attached hydrogens (tertiary/aromatic N) is 1. The summed E-state index contributed by atoms with van der Waals surface area (Å²) in [4.78, 5) is 23.0. The maximum absolute atomic E-state index is 12.9. The van der Waals surface area contributed by atoms with Gasteiger partial charge in [0.1, 0.15) is 11.6 Å². The van der Waals surface area contributed by atoms with E-state index in [1.807, 2.05) is 11.9 Å². The largest absolute Gasteiger partial charge is 0.491 e. The number of benzene rings is 1. The van der Waals surface area contributed by atoms with Crippen LogP contribution < -0.4 is 10.1 Å². The van der Waals surface area contributed by atoms with Crippen molar-refractivity contribution < 1.29 is 37.0 Å². The fourth-order valence-electron chi connectivity index (χ4n) is 2.60. The first kappa shape index (κ1) is 24.0. The van der Waals surface area contributed by atoms with E-state index < -0.39 is 18.0 Å². The van der Waals surface area contributed by atoms with E-state index in [9.17, 15) is 22.4 Å². The van der Waals surface area contributed by atoms with Crippen LogP contribution in [0, 0.1) is 5.82 Å². The van der Waals surface area contributed by atoms with Crippen molar-refractivity contribution in [3.8, 4) is 5.75 Å². The predicted molar refractivity (Wildman–Crippen MR) is 93.9 cm³/mol. The Balaban J connectivity index is 0.000000480. The lowest BCUT2D eigenvalue weighted by molar-refractivity contribution is -0.192. The predicted octanol–water partition coefficient (Wildman–Crippen LogP) is 3.09. The summed E-state index contributed by atoms with van der Waals surface area (Å²) in [6, 6.07) is 4.23. The lowest BCUT2D eigenvalue weighted by atomic mass is 10.2. The number of likely N-dealkylation sites (tertiary alicyclic amines) is 1. The number of aliphatic carboxylic acids is 1. The minimum absolute atomic E-state index is 0.0889. The second kappa shape index (κ2) is 11.1. The van der Waals surface area contributed by atoms with Crippen LogP contribution in [-0.4, -0.2) is 60.8 Å². The van der Waals surface area contributed by atoms with Crippen molar-refractivity contribution in [1.29, 1.82) is 0 Å². The Bertz CT molecular complexity index is 673. The zero-order valence-corrected chi connectivity index (χ0v) is 15.8. The summed E-state index contributed by atoms with van der Waals surface area (Å²) in [5.74, 6) is -2.67. The van der Waals surface area contributed by atoms with Gasteiger partial charge in [0, 0.05) is 19.1 Å². The van der Waals surface area contributed by atoms with Crippen LogP contribution in [0.25, 0.3) is 0 Å². The van der Waals surface area contributed by atoms with E-state index in [4.69, 9.17) is 26.2 Å². The molecule has 1 amide bonds. The highest BCUT2D eigenvalue weighted by molar-refractivity contribution is 6.32. The Kier molecular flexibility index (Phi) is 9.47. The number of hydrogen-bond acceptors (Lipinski definition) is 4. The Hall–Kier alpha value is -2.07. The zero-order chi connectivity index (χ0) is 21.3. The van der Waals surface area contributed by atoms with Gasteiger partial charge in [-0.3, -0.25) is 4.79 Å². The Morgan fingerprint density at radius 2 is 2.04 bits per heavy atom. The number of carbonyl (C=O) groups is 2. The molecule has 1 fully saturated rings. The number of carbonyl (C=O) groups excluding carboxylic acids is 1. The maximum Gasteiger partial charge on any atom is 0.490 e. The van der Waals surface area contributed by atoms with Crippen molar-refractivity contribution in [3.05, 3.63) is 29.0 Å². The van der Waals surface area contributed by atoms with Gasteiger partial charge in [-0.1, -0.05) is 11.6 Å². The third-order valence-corrected chi connectivity index (χ3v) is 4.14. The third kappa shape index (κ3) is 7.89. The van der Waals surface area contributed by atoms with E-state index in [1.54, 1.807) is 0 Å². The van der Waals surface area contributed by atoms with Gasteiger partial charge in [0.2, 0.25) is 5.91 Å². The Morgan fingerprint density at radius 3 is 2.57 bits per heavy atom. The van der Waals surface area contributed by atoms with Gasteiger partial charge in [-0.15, -0.1) is 0 Å². The number of alkyl halides is 3. The lowest BCUT2D eigenvalue weighted by Crippen LogP contribution is -2.41. The summed E-state index contributed by atoms with van der Waals surface area (Å²) in [7, 11) is 1.89. The second-order valence-corrected chi connectivity index (χ2v) is 6.32. The molecule has 2 N–H and O–H groups in total. The number of carboxylic acids is 1. The van der Waals surface area contributed by atoms with Gasteiger partial charge in [-0.05, 0) is 38.1 Å². The highest BCUT2D eigenvalue weighted by Gasteiger charge is 2.38. The van der Waals surface area contributed by atoms with Crippen molar-refractivity contribution in [2.75, 3.05) is 26.7 Å². The summed E-state index contributed by atoms with van der Waals surface area (Å²) < 4.78 is 50.1. The molecule has 1 aromatic carbocycles. The van der Waals surface area contributed by atoms with Gasteiger partial charge in [0.05, 0.1) is 18.1 Å². The van der Waals surface area contributed by atoms with Crippen molar-refractivity contribution in [1.82, 2.24) is 10.2 Å². The van der Waals surface area contributed by atoms with Gasteiger partial charge in [0.25, 0.3) is 0 Å². The number of likely N-dealkylation sites (N-methyl/N-ethyl adjacent to an activating group) is 1. The number of halogens is 5. The molecular formula is C17H21ClF4N2O4. The standard InChI is InChI=1S/C15H20ClFN2O2.C2HF3O2/c1-18-10-12-3-2-7-19(12)15(20)6-8-21-14-5-4-11(17)9-13(14)16;3-2(4,5)1(6)7/h4-5,9,12,18H,2-3,6-8,10H2,1H3;(H,6,7). The zero-order valence-electron chi connectivity index (χ0n) is 15.1.